The van der Waals surface area contributed by atoms with Gasteiger partial charge in [-0.2, -0.15) is 4.98 Å². The highest BCUT2D eigenvalue weighted by molar-refractivity contribution is 9.10. The molecule has 0 unspecified atom stereocenters. The van der Waals surface area contributed by atoms with E-state index in [1.807, 2.05) is 56.3 Å². The van der Waals surface area contributed by atoms with Crippen LogP contribution in [0, 0.1) is 13.8 Å². The number of rotatable bonds is 1. The van der Waals surface area contributed by atoms with Crippen molar-refractivity contribution < 1.29 is 5.11 Å². The zero-order valence-electron chi connectivity index (χ0n) is 15.9. The van der Waals surface area contributed by atoms with Gasteiger partial charge in [0.2, 0.25) is 0 Å². The summed E-state index contributed by atoms with van der Waals surface area (Å²) in [6.45, 7) is 4.61. The normalized spacial score (nSPS) is 14.6. The van der Waals surface area contributed by atoms with Crippen LogP contribution in [-0.4, -0.2) is 14.7 Å². The molecule has 29 heavy (non-hydrogen) atoms. The summed E-state index contributed by atoms with van der Waals surface area (Å²) in [7, 11) is 0. The fourth-order valence-electron chi connectivity index (χ4n) is 3.91. The molecule has 1 aliphatic rings. The molecular weight excluding hydrogens is 448 g/mol. The smallest absolute Gasteiger partial charge is 0.282 e. The average Bonchev–Trinajstić information content (AvgIpc) is 3.02. The lowest BCUT2D eigenvalue weighted by Gasteiger charge is -2.25. The van der Waals surface area contributed by atoms with Gasteiger partial charge in [-0.1, -0.05) is 58.4 Å². The number of nitrogens with zero attached hydrogens (tertiary/aromatic N) is 2. The van der Waals surface area contributed by atoms with Crippen molar-refractivity contribution >= 4 is 48.8 Å². The van der Waals surface area contributed by atoms with Gasteiger partial charge in [0.1, 0.15) is 16.4 Å². The number of hydrogen-bond donors (Lipinski definition) is 1. The van der Waals surface area contributed by atoms with E-state index in [1.165, 1.54) is 0 Å². The molecule has 2 aromatic heterocycles. The Hall–Kier alpha value is -2.70. The van der Waals surface area contributed by atoms with Gasteiger partial charge < -0.3 is 9.67 Å². The van der Waals surface area contributed by atoms with Crippen LogP contribution in [0.4, 0.5) is 0 Å². The van der Waals surface area contributed by atoms with E-state index in [-0.39, 0.29) is 11.3 Å². The number of aliphatic hydroxyl groups is 1. The molecule has 0 spiro atoms. The number of halogens is 1. The van der Waals surface area contributed by atoms with Crippen LogP contribution in [0.25, 0.3) is 21.5 Å². The van der Waals surface area contributed by atoms with Crippen LogP contribution in [0.15, 0.2) is 57.8 Å². The summed E-state index contributed by atoms with van der Waals surface area (Å²) in [5.74, 6) is 0.616. The predicted octanol–water partition coefficient (Wildman–Crippen LogP) is 5.67. The maximum absolute atomic E-state index is 12.9. The molecule has 0 saturated carbocycles. The Morgan fingerprint density at radius 2 is 1.86 bits per heavy atom. The lowest BCUT2D eigenvalue weighted by atomic mass is 9.92. The summed E-state index contributed by atoms with van der Waals surface area (Å²) in [6.07, 6.45) is 0. The molecule has 3 heterocycles. The Kier molecular flexibility index (Phi) is 4.22. The highest BCUT2D eigenvalue weighted by atomic mass is 79.9. The number of fused-ring (bicyclic) bond motifs is 4. The van der Waals surface area contributed by atoms with Crippen LogP contribution in [0.5, 0.6) is 0 Å². The molecule has 0 amide bonds. The predicted molar refractivity (Wildman–Crippen MR) is 122 cm³/mol. The Morgan fingerprint density at radius 1 is 1.14 bits per heavy atom. The van der Waals surface area contributed by atoms with Gasteiger partial charge in [0, 0.05) is 14.9 Å². The third kappa shape index (κ3) is 2.70. The van der Waals surface area contributed by atoms with Gasteiger partial charge in [0.05, 0.1) is 17.5 Å². The van der Waals surface area contributed by atoms with Gasteiger partial charge in [-0.25, -0.2) is 0 Å². The van der Waals surface area contributed by atoms with Crippen LogP contribution in [0.3, 0.4) is 0 Å². The van der Waals surface area contributed by atoms with Crippen molar-refractivity contribution in [1.82, 2.24) is 9.55 Å². The van der Waals surface area contributed by atoms with Crippen molar-refractivity contribution in [3.8, 4) is 0 Å². The van der Waals surface area contributed by atoms with Gasteiger partial charge in [-0.3, -0.25) is 4.79 Å². The van der Waals surface area contributed by atoms with E-state index in [0.717, 1.165) is 30.9 Å². The molecule has 0 aliphatic carbocycles. The molecule has 1 aliphatic heterocycles. The van der Waals surface area contributed by atoms with Crippen molar-refractivity contribution in [2.45, 2.75) is 20.4 Å². The zero-order valence-corrected chi connectivity index (χ0v) is 18.3. The van der Waals surface area contributed by atoms with Crippen LogP contribution >= 0.6 is 27.3 Å². The average molecular weight is 465 g/mol. The third-order valence-electron chi connectivity index (χ3n) is 5.49. The standard InChI is InChI=1S/C23H17BrN2O2S/c1-12-13(2)29-23-18(12)22(28)25-21-19(20(27)16-9-5-6-10-17(16)24)15-8-4-3-7-14(15)11-26(21)23/h3-10,27H,11H2,1-2H3. The Bertz CT molecular complexity index is 1400. The Balaban J connectivity index is 1.93. The monoisotopic (exact) mass is 464 g/mol. The summed E-state index contributed by atoms with van der Waals surface area (Å²) in [5.41, 5.74) is 3.98. The number of aromatic nitrogens is 2. The topological polar surface area (TPSA) is 55.1 Å². The SMILES string of the molecule is Cc1sc2c(c1C)c(=O)nc1n2Cc2ccccc2C1=C(O)c1ccccc1Br. The van der Waals surface area contributed by atoms with Crippen LogP contribution < -0.4 is 5.56 Å². The van der Waals surface area contributed by atoms with Crippen molar-refractivity contribution in [2.75, 3.05) is 0 Å². The Labute approximate surface area is 179 Å². The second kappa shape index (κ2) is 6.68. The molecule has 5 rings (SSSR count). The summed E-state index contributed by atoms with van der Waals surface area (Å²) in [6, 6.07) is 15.5. The molecule has 144 valence electrons. The maximum atomic E-state index is 12.9. The minimum Gasteiger partial charge on any atom is -0.506 e. The molecule has 0 fully saturated rings. The van der Waals surface area contributed by atoms with E-state index >= 15 is 0 Å². The lowest BCUT2D eigenvalue weighted by molar-refractivity contribution is 0.512. The number of hydrogen-bond acceptors (Lipinski definition) is 4. The molecule has 0 atom stereocenters. The third-order valence-corrected chi connectivity index (χ3v) is 7.42. The summed E-state index contributed by atoms with van der Waals surface area (Å²) in [4.78, 5) is 19.4. The molecule has 1 N–H and O–H groups in total. The van der Waals surface area contributed by atoms with E-state index in [2.05, 4.69) is 31.5 Å². The molecular formula is C23H17BrN2O2S. The van der Waals surface area contributed by atoms with Gasteiger partial charge in [-0.15, -0.1) is 11.3 Å². The summed E-state index contributed by atoms with van der Waals surface area (Å²) in [5, 5.41) is 12.0. The lowest BCUT2D eigenvalue weighted by Crippen LogP contribution is -2.23. The van der Waals surface area contributed by atoms with Crippen LogP contribution in [-0.2, 0) is 6.54 Å². The molecule has 0 saturated heterocycles. The van der Waals surface area contributed by atoms with E-state index in [9.17, 15) is 9.90 Å². The second-order valence-corrected chi connectivity index (χ2v) is 9.21. The minimum absolute atomic E-state index is 0.106. The summed E-state index contributed by atoms with van der Waals surface area (Å²) >= 11 is 5.13. The number of aryl methyl sites for hydroxylation is 2. The number of aliphatic hydroxyl groups excluding tert-OH is 1. The van der Waals surface area contributed by atoms with Gasteiger partial charge >= 0.3 is 0 Å². The molecule has 4 aromatic rings. The van der Waals surface area contributed by atoms with Crippen LogP contribution in [0.1, 0.15) is 33.0 Å². The van der Waals surface area contributed by atoms with Crippen LogP contribution in [0.2, 0.25) is 0 Å². The first-order valence-electron chi connectivity index (χ1n) is 9.24. The van der Waals surface area contributed by atoms with E-state index in [4.69, 9.17) is 0 Å². The molecule has 4 nitrogen and oxygen atoms in total. The number of benzene rings is 2. The quantitative estimate of drug-likeness (QED) is 0.325. The maximum Gasteiger partial charge on any atom is 0.282 e. The first-order chi connectivity index (χ1) is 14.0. The van der Waals surface area contributed by atoms with E-state index < -0.39 is 0 Å². The van der Waals surface area contributed by atoms with Gasteiger partial charge in [-0.05, 0) is 36.6 Å². The van der Waals surface area contributed by atoms with Gasteiger partial charge in [0.15, 0.2) is 0 Å². The fourth-order valence-corrected chi connectivity index (χ4v) is 5.53. The second-order valence-electron chi connectivity index (χ2n) is 7.15. The Morgan fingerprint density at radius 3 is 2.66 bits per heavy atom. The van der Waals surface area contributed by atoms with Gasteiger partial charge in [0.25, 0.3) is 5.56 Å². The number of thiophene rings is 1. The first-order valence-corrected chi connectivity index (χ1v) is 10.9. The zero-order chi connectivity index (χ0) is 20.3. The molecule has 0 bridgehead atoms. The van der Waals surface area contributed by atoms with Crippen molar-refractivity contribution in [3.63, 3.8) is 0 Å². The fraction of sp³-hybridized carbons (Fsp3) is 0.130. The highest BCUT2D eigenvalue weighted by Crippen LogP contribution is 2.40. The molecule has 0 radical (unpaired) electrons. The summed E-state index contributed by atoms with van der Waals surface area (Å²) < 4.78 is 2.84. The van der Waals surface area contributed by atoms with E-state index in [0.29, 0.717) is 28.9 Å². The van der Waals surface area contributed by atoms with Crippen molar-refractivity contribution in [3.05, 3.63) is 96.3 Å². The largest absolute Gasteiger partial charge is 0.506 e. The first kappa shape index (κ1) is 18.3. The molecule has 2 aromatic carbocycles. The van der Waals surface area contributed by atoms with Crippen molar-refractivity contribution in [1.29, 1.82) is 0 Å². The minimum atomic E-state index is -0.245. The van der Waals surface area contributed by atoms with E-state index in [1.54, 1.807) is 11.3 Å². The molecule has 6 heteroatoms. The highest BCUT2D eigenvalue weighted by Gasteiger charge is 2.28. The van der Waals surface area contributed by atoms with Crippen molar-refractivity contribution in [2.24, 2.45) is 0 Å².